The van der Waals surface area contributed by atoms with Crippen molar-refractivity contribution in [3.05, 3.63) is 364 Å². The van der Waals surface area contributed by atoms with Gasteiger partial charge in [-0.25, -0.2) is 24.9 Å². The number of hydrogen-bond donors (Lipinski definition) is 7. The third-order valence-electron chi connectivity index (χ3n) is 25.3. The number of aliphatic hydroxyl groups excluding tert-OH is 1. The van der Waals surface area contributed by atoms with Crippen LogP contribution in [0.5, 0.6) is 0 Å². The maximum absolute atomic E-state index is 13.4. The Kier molecular flexibility index (Phi) is 29.6. The van der Waals surface area contributed by atoms with Crippen molar-refractivity contribution >= 4 is 137 Å². The number of hydrogen-bond acceptors (Lipinski definition) is 29. The lowest BCUT2D eigenvalue weighted by Crippen LogP contribution is -2.54. The predicted octanol–water partition coefficient (Wildman–Crippen LogP) is 15.3. The Morgan fingerprint density at radius 1 is 0.410 bits per heavy atom. The van der Waals surface area contributed by atoms with Crippen molar-refractivity contribution in [2.75, 3.05) is 90.0 Å². The molecule has 7 N–H and O–H groups in total. The molecule has 3 unspecified atom stereocenters. The minimum Gasteiger partial charge on any atom is -0.392 e. The maximum Gasteiger partial charge on any atom is 0.269 e. The number of amides is 4. The molecule has 3 atom stereocenters. The normalized spacial score (nSPS) is 15.4. The minimum atomic E-state index is -0.269. The van der Waals surface area contributed by atoms with Gasteiger partial charge in [0.05, 0.1) is 47.5 Å². The Morgan fingerprint density at radius 2 is 0.833 bits per heavy atom. The first-order valence-electron chi connectivity index (χ1n) is 46.6. The molecule has 38 heteroatoms. The van der Waals surface area contributed by atoms with Crippen LogP contribution in [0.15, 0.2) is 271 Å². The number of benzene rings is 4. The van der Waals surface area contributed by atoms with Crippen LogP contribution < -0.4 is 38.0 Å². The number of nitrogens with zero attached hydrogens (tertiary/aromatic N) is 16. The molecule has 0 radical (unpaired) electrons. The van der Waals surface area contributed by atoms with Gasteiger partial charge in [-0.3, -0.25) is 73.0 Å². The lowest BCUT2D eigenvalue weighted by Gasteiger charge is -2.41. The van der Waals surface area contributed by atoms with Gasteiger partial charge in [-0.2, -0.15) is 0 Å². The Morgan fingerprint density at radius 3 is 1.28 bits per heavy atom. The Balaban J connectivity index is 0.000000115. The van der Waals surface area contributed by atoms with Crippen molar-refractivity contribution in [3.8, 4) is 57.6 Å². The Hall–Kier alpha value is -15.7. The van der Waals surface area contributed by atoms with Crippen molar-refractivity contribution in [2.45, 2.75) is 66.0 Å². The van der Waals surface area contributed by atoms with Gasteiger partial charge in [-0.1, -0.05) is 127 Å². The van der Waals surface area contributed by atoms with Crippen LogP contribution in [0.2, 0.25) is 0 Å². The highest BCUT2D eigenvalue weighted by Crippen LogP contribution is 2.35. The number of pyridine rings is 5. The number of carbonyl (C=O) groups is 4. The molecule has 0 bridgehead atoms. The van der Waals surface area contributed by atoms with Gasteiger partial charge < -0.3 is 64.6 Å². The van der Waals surface area contributed by atoms with Crippen LogP contribution in [0.4, 0.5) is 5.69 Å². The number of fused-ring (bicyclic) bond motifs is 5. The molecule has 19 aromatic rings. The van der Waals surface area contributed by atoms with Gasteiger partial charge in [-0.15, -0.1) is 56.7 Å². The highest BCUT2D eigenvalue weighted by molar-refractivity contribution is 7.19. The topological polar surface area (TPSA) is 422 Å². The maximum atomic E-state index is 13.4. The molecule has 0 saturated carbocycles. The van der Waals surface area contributed by atoms with E-state index < -0.39 is 0 Å². The summed E-state index contributed by atoms with van der Waals surface area (Å²) in [7, 11) is 0. The first-order chi connectivity index (χ1) is 70.1. The van der Waals surface area contributed by atoms with E-state index in [2.05, 4.69) is 146 Å². The number of aromatic nitrogens is 15. The quantitative estimate of drug-likeness (QED) is 0.0501. The van der Waals surface area contributed by atoms with E-state index in [1.165, 1.54) is 62.2 Å². The number of anilines is 1. The Labute approximate surface area is 842 Å². The van der Waals surface area contributed by atoms with E-state index in [-0.39, 0.29) is 76.2 Å². The third-order valence-corrected chi connectivity index (χ3v) is 30.3. The van der Waals surface area contributed by atoms with Gasteiger partial charge in [0.2, 0.25) is 0 Å². The molecule has 4 aliphatic heterocycles. The van der Waals surface area contributed by atoms with Crippen LogP contribution in [0.1, 0.15) is 104 Å². The van der Waals surface area contributed by atoms with Crippen LogP contribution >= 0.6 is 56.7 Å². The number of rotatable bonds is 15. The standard InChI is InChI=1S/C24H23N5O3S.2C23H21N5O2S.C23H20N4O3S.C13H11N3OS/c30-14-17-5-3-4-16(12-17)13-28-8-10-29(11-9-28)24(32)18-15-33-21-20(18)26-22(27-23(21)31)19-6-1-2-7-25-19;1-14-5-7-15(8-6-14)18-12-28(11-10-25-18)23(30)16-13-31-20-19(16)26-21(27-22(20)29)17-4-2-3-9-24-17;1-15-13-27(16-7-3-2-4-8-16)11-12-28(15)23(30)17-14-31-20-19(17)25-21(26-22(20)29)18-9-5-6-10-24-18;1-14-6-2-3-7-15(14)18-12-27(10-11-30-18)23(29)16-13-31-20-19(16)25-21(26-22(20)28)17-8-4-5-9-24-17;1-7-8(2)18-11-10(7)15-12(16-13(11)17)9-5-3-4-6-14-9/h1-7,12,15,30H,8-11,13-14H2,(H,26,27,31);2-9,13,18,25H,10-12H2,1H3,(H,26,27,29);2-10,14-15H,11-13H2,1H3,(H,25,26,29);2-9,13,18H,10-12H2,1H3,(H,25,26,28);3-6H,1-2H3,(H,15,16,17). The summed E-state index contributed by atoms with van der Waals surface area (Å²) in [5.41, 5.74) is 15.0. The van der Waals surface area contributed by atoms with Gasteiger partial charge >= 0.3 is 0 Å². The minimum absolute atomic E-state index is 0.0314. The number of para-hydroxylation sites is 1. The number of H-pyrrole nitrogens is 5. The molecule has 4 aliphatic rings. The van der Waals surface area contributed by atoms with E-state index >= 15 is 0 Å². The summed E-state index contributed by atoms with van der Waals surface area (Å²) in [6.45, 7) is 19.1. The number of morpholine rings is 1. The number of thiophene rings is 5. The molecule has 726 valence electrons. The summed E-state index contributed by atoms with van der Waals surface area (Å²) < 4.78 is 8.43. The number of carbonyl (C=O) groups excluding carboxylic acids is 4. The average Bonchev–Trinajstić information content (AvgIpc) is 1.84. The molecular formula is C106H96N22O11S5. The summed E-state index contributed by atoms with van der Waals surface area (Å²) >= 11 is 6.45. The molecule has 144 heavy (non-hydrogen) atoms. The monoisotopic (exact) mass is 2010 g/mol. The zero-order valence-corrected chi connectivity index (χ0v) is 82.8. The fraction of sp³-hybridized carbons (Fsp3) is 0.217. The summed E-state index contributed by atoms with van der Waals surface area (Å²) in [6.07, 6.45) is 8.07. The largest absolute Gasteiger partial charge is 0.392 e. The molecule has 4 amide bonds. The van der Waals surface area contributed by atoms with E-state index in [1.54, 1.807) is 106 Å². The predicted molar refractivity (Wildman–Crippen MR) is 563 cm³/mol. The lowest BCUT2D eigenvalue weighted by molar-refractivity contribution is -0.0230. The second-order valence-corrected chi connectivity index (χ2v) is 39.5. The van der Waals surface area contributed by atoms with E-state index in [0.717, 1.165) is 82.2 Å². The second kappa shape index (κ2) is 43.8. The fourth-order valence-electron chi connectivity index (χ4n) is 17.6. The number of aryl methyl sites for hydroxylation is 4. The number of ether oxygens (including phenoxy) is 1. The van der Waals surface area contributed by atoms with Gasteiger partial charge in [0.25, 0.3) is 51.4 Å². The molecule has 0 aliphatic carbocycles. The Bertz CT molecular complexity index is 8220. The number of aliphatic hydroxyl groups is 1. The highest BCUT2D eigenvalue weighted by atomic mass is 32.1. The van der Waals surface area contributed by atoms with E-state index in [0.29, 0.717) is 184 Å². The number of aromatic amines is 5. The van der Waals surface area contributed by atoms with Crippen molar-refractivity contribution < 1.29 is 29.0 Å². The first kappa shape index (κ1) is 97.2. The number of nitrogens with one attached hydrogen (secondary N) is 6. The van der Waals surface area contributed by atoms with Crippen LogP contribution in [0.25, 0.3) is 109 Å². The molecule has 4 aromatic carbocycles. The molecular weight excluding hydrogens is 1920 g/mol. The van der Waals surface area contributed by atoms with E-state index in [9.17, 15) is 48.3 Å². The fourth-order valence-corrected chi connectivity index (χ4v) is 22.1. The van der Waals surface area contributed by atoms with Crippen molar-refractivity contribution in [3.63, 3.8) is 0 Å². The van der Waals surface area contributed by atoms with Gasteiger partial charge in [-0.05, 0) is 141 Å². The molecule has 0 spiro atoms. The first-order valence-corrected chi connectivity index (χ1v) is 51.0. The van der Waals surface area contributed by atoms with Gasteiger partial charge in [0, 0.05) is 154 Å². The van der Waals surface area contributed by atoms with Crippen molar-refractivity contribution in [1.82, 2.24) is 105 Å². The molecule has 4 saturated heterocycles. The molecule has 23 rings (SSSR count). The summed E-state index contributed by atoms with van der Waals surface area (Å²) in [5.74, 6) is 1.53. The molecule has 4 fully saturated rings. The summed E-state index contributed by atoms with van der Waals surface area (Å²) in [4.78, 5) is 187. The van der Waals surface area contributed by atoms with Crippen LogP contribution in [-0.4, -0.2) is 219 Å². The van der Waals surface area contributed by atoms with Gasteiger partial charge in [0.15, 0.2) is 29.1 Å². The summed E-state index contributed by atoms with van der Waals surface area (Å²) in [5, 5.41) is 19.8. The van der Waals surface area contributed by atoms with Crippen LogP contribution in [0.3, 0.4) is 0 Å². The zero-order chi connectivity index (χ0) is 99.6. The van der Waals surface area contributed by atoms with Crippen LogP contribution in [0, 0.1) is 27.7 Å². The highest BCUT2D eigenvalue weighted by Gasteiger charge is 2.35. The lowest BCUT2D eigenvalue weighted by atomic mass is 10.0. The third kappa shape index (κ3) is 21.4. The molecule has 15 aromatic heterocycles. The van der Waals surface area contributed by atoms with E-state index in [4.69, 9.17) is 4.74 Å². The summed E-state index contributed by atoms with van der Waals surface area (Å²) in [6, 6.07) is 61.8. The SMILES string of the molecule is CC1CN(c2ccccc2)CCN1C(=O)c1csc2c(=O)[nH]c(-c3ccccn3)nc12.Cc1ccc(C2CN(C(=O)c3csc4c(=O)[nH]c(-c5ccccn5)nc34)CCN2)cc1.Cc1ccccc1C1CN(C(=O)c2csc3c(=O)[nH]c(-c4ccccn4)nc23)CCO1.Cc1sc2c(=O)[nH]c(-c3ccccn3)nc2c1C.O=C(c1csc2c(=O)[nH]c(-c3ccccn3)nc12)N1CCN(Cc2cccc(CO)c2)CC1. The van der Waals surface area contributed by atoms with E-state index in [1.807, 2.05) is 139 Å². The molecule has 33 nitrogen and oxygen atoms in total. The smallest absolute Gasteiger partial charge is 0.269 e. The second-order valence-electron chi connectivity index (χ2n) is 34.7. The zero-order valence-electron chi connectivity index (χ0n) is 78.7. The molecule has 19 heterocycles. The van der Waals surface area contributed by atoms with Crippen molar-refractivity contribution in [2.24, 2.45) is 0 Å². The van der Waals surface area contributed by atoms with Gasteiger partial charge in [0.1, 0.15) is 80.1 Å². The van der Waals surface area contributed by atoms with Crippen molar-refractivity contribution in [1.29, 1.82) is 0 Å². The number of piperazine rings is 3. The van der Waals surface area contributed by atoms with Crippen LogP contribution in [-0.2, 0) is 17.9 Å². The average molecular weight is 2010 g/mol.